The zero-order valence-electron chi connectivity index (χ0n) is 13.0. The van der Waals surface area contributed by atoms with E-state index in [0.717, 1.165) is 19.3 Å². The molecule has 1 rings (SSSR count). The number of aliphatic carboxylic acids is 1. The third-order valence-corrected chi connectivity index (χ3v) is 3.62. The van der Waals surface area contributed by atoms with Gasteiger partial charge >= 0.3 is 12.0 Å². The summed E-state index contributed by atoms with van der Waals surface area (Å²) in [6.45, 7) is 2.79. The molecule has 0 aromatic heterocycles. The predicted octanol–water partition coefficient (Wildman–Crippen LogP) is 0.846. The highest BCUT2D eigenvalue weighted by atomic mass is 16.4. The first kappa shape index (κ1) is 17.3. The topological polar surface area (TPSA) is 81.2 Å². The van der Waals surface area contributed by atoms with Crippen LogP contribution in [0.25, 0.3) is 0 Å². The van der Waals surface area contributed by atoms with Gasteiger partial charge < -0.3 is 19.8 Å². The molecule has 1 aliphatic heterocycles. The summed E-state index contributed by atoms with van der Waals surface area (Å²) >= 11 is 0. The molecular weight excluding hydrogens is 274 g/mol. The number of likely N-dealkylation sites (N-methyl/N-ethyl adjacent to an activating group) is 1. The average molecular weight is 299 g/mol. The Labute approximate surface area is 125 Å². The predicted molar refractivity (Wildman–Crippen MR) is 77.9 cm³/mol. The molecule has 0 spiro atoms. The van der Waals surface area contributed by atoms with Gasteiger partial charge in [0, 0.05) is 27.2 Å². The molecule has 0 bridgehead atoms. The molecule has 0 aromatic carbocycles. The molecule has 120 valence electrons. The van der Waals surface area contributed by atoms with Crippen molar-refractivity contribution in [2.24, 2.45) is 0 Å². The number of urea groups is 1. The molecule has 1 N–H and O–H groups in total. The van der Waals surface area contributed by atoms with Gasteiger partial charge in [0.15, 0.2) is 0 Å². The summed E-state index contributed by atoms with van der Waals surface area (Å²) in [6, 6.07) is -1.13. The third kappa shape index (κ3) is 4.61. The highest BCUT2D eigenvalue weighted by Crippen LogP contribution is 2.19. The van der Waals surface area contributed by atoms with Crippen molar-refractivity contribution in [3.8, 4) is 0 Å². The van der Waals surface area contributed by atoms with E-state index in [9.17, 15) is 19.5 Å². The number of carboxylic acids is 1. The van der Waals surface area contributed by atoms with Gasteiger partial charge in [-0.15, -0.1) is 0 Å². The fraction of sp³-hybridized carbons (Fsp3) is 0.786. The number of carbonyl (C=O) groups is 3. The Kier molecular flexibility index (Phi) is 6.45. The molecule has 0 saturated carbocycles. The molecule has 1 fully saturated rings. The second kappa shape index (κ2) is 7.85. The second-order valence-corrected chi connectivity index (χ2v) is 5.54. The lowest BCUT2D eigenvalue weighted by atomic mass is 10.0. The molecule has 0 aromatic rings. The van der Waals surface area contributed by atoms with Crippen LogP contribution in [0.1, 0.15) is 32.6 Å². The van der Waals surface area contributed by atoms with Gasteiger partial charge in [-0.25, -0.2) is 9.59 Å². The Morgan fingerprint density at radius 2 is 1.90 bits per heavy atom. The van der Waals surface area contributed by atoms with Crippen molar-refractivity contribution in [3.63, 3.8) is 0 Å². The summed E-state index contributed by atoms with van der Waals surface area (Å²) in [5.41, 5.74) is 0. The fourth-order valence-corrected chi connectivity index (χ4v) is 2.42. The number of likely N-dealkylation sites (tertiary alicyclic amines) is 1. The first-order chi connectivity index (χ1) is 9.88. The maximum atomic E-state index is 12.6. The lowest BCUT2D eigenvalue weighted by molar-refractivity contribution is -0.143. The van der Waals surface area contributed by atoms with Crippen molar-refractivity contribution in [1.29, 1.82) is 0 Å². The molecule has 1 saturated heterocycles. The van der Waals surface area contributed by atoms with E-state index in [4.69, 9.17) is 0 Å². The smallest absolute Gasteiger partial charge is 0.326 e. The number of carboxylic acid groups (broad SMARTS) is 1. The van der Waals surface area contributed by atoms with Crippen LogP contribution in [0.4, 0.5) is 4.79 Å². The number of piperidine rings is 1. The second-order valence-electron chi connectivity index (χ2n) is 5.54. The van der Waals surface area contributed by atoms with E-state index in [-0.39, 0.29) is 18.5 Å². The highest BCUT2D eigenvalue weighted by Gasteiger charge is 2.34. The number of amides is 3. The zero-order valence-corrected chi connectivity index (χ0v) is 13.0. The highest BCUT2D eigenvalue weighted by molar-refractivity contribution is 5.86. The molecular formula is C14H25N3O4. The Morgan fingerprint density at radius 3 is 2.43 bits per heavy atom. The van der Waals surface area contributed by atoms with Crippen LogP contribution >= 0.6 is 0 Å². The van der Waals surface area contributed by atoms with E-state index in [1.807, 2.05) is 6.92 Å². The largest absolute Gasteiger partial charge is 0.480 e. The molecule has 7 heteroatoms. The first-order valence-electron chi connectivity index (χ1n) is 7.37. The summed E-state index contributed by atoms with van der Waals surface area (Å²) in [5.74, 6) is -1.14. The van der Waals surface area contributed by atoms with Gasteiger partial charge in [0.2, 0.25) is 5.91 Å². The van der Waals surface area contributed by atoms with Crippen LogP contribution < -0.4 is 0 Å². The average Bonchev–Trinajstić information content (AvgIpc) is 2.45. The van der Waals surface area contributed by atoms with Crippen LogP contribution in [0.3, 0.4) is 0 Å². The minimum Gasteiger partial charge on any atom is -0.480 e. The van der Waals surface area contributed by atoms with Crippen molar-refractivity contribution in [3.05, 3.63) is 0 Å². The lowest BCUT2D eigenvalue weighted by Gasteiger charge is -2.37. The summed E-state index contributed by atoms with van der Waals surface area (Å²) in [6.07, 6.45) is 2.81. The van der Waals surface area contributed by atoms with Crippen LogP contribution in [-0.2, 0) is 9.59 Å². The van der Waals surface area contributed by atoms with Gasteiger partial charge in [-0.3, -0.25) is 4.79 Å². The van der Waals surface area contributed by atoms with Crippen LogP contribution in [0.15, 0.2) is 0 Å². The number of hydrogen-bond donors (Lipinski definition) is 1. The van der Waals surface area contributed by atoms with Crippen molar-refractivity contribution < 1.29 is 19.5 Å². The minimum atomic E-state index is -0.974. The van der Waals surface area contributed by atoms with Gasteiger partial charge in [-0.2, -0.15) is 0 Å². The van der Waals surface area contributed by atoms with Crippen LogP contribution in [0, 0.1) is 0 Å². The number of carbonyl (C=O) groups excluding carboxylic acids is 2. The summed E-state index contributed by atoms with van der Waals surface area (Å²) < 4.78 is 0. The van der Waals surface area contributed by atoms with Gasteiger partial charge in [0.05, 0.1) is 0 Å². The van der Waals surface area contributed by atoms with Crippen LogP contribution in [0.5, 0.6) is 0 Å². The molecule has 0 aliphatic carbocycles. The minimum absolute atomic E-state index is 0.0114. The van der Waals surface area contributed by atoms with Crippen LogP contribution in [0.2, 0.25) is 0 Å². The van der Waals surface area contributed by atoms with Gasteiger partial charge in [-0.1, -0.05) is 6.92 Å². The van der Waals surface area contributed by atoms with E-state index in [2.05, 4.69) is 0 Å². The Balaban J connectivity index is 2.82. The first-order valence-corrected chi connectivity index (χ1v) is 7.37. The maximum Gasteiger partial charge on any atom is 0.326 e. The fourth-order valence-electron chi connectivity index (χ4n) is 2.42. The third-order valence-electron chi connectivity index (χ3n) is 3.62. The maximum absolute atomic E-state index is 12.6. The van der Waals surface area contributed by atoms with Crippen molar-refractivity contribution in [2.45, 2.75) is 38.6 Å². The van der Waals surface area contributed by atoms with E-state index in [1.54, 1.807) is 14.1 Å². The van der Waals surface area contributed by atoms with Gasteiger partial charge in [0.1, 0.15) is 12.6 Å². The quantitative estimate of drug-likeness (QED) is 0.816. The molecule has 21 heavy (non-hydrogen) atoms. The molecule has 1 atom stereocenters. The summed E-state index contributed by atoms with van der Waals surface area (Å²) in [5, 5.41) is 9.25. The standard InChI is InChI=1S/C14H25N3O4/c1-4-8-16(10-12(18)15(2)3)14(21)17-9-6-5-7-11(17)13(19)20/h11H,4-10H2,1-3H3,(H,19,20). The van der Waals surface area contributed by atoms with Crippen LogP contribution in [-0.4, -0.2) is 77.5 Å². The summed E-state index contributed by atoms with van der Waals surface area (Å²) in [4.78, 5) is 40.0. The Hall–Kier alpha value is -1.79. The number of hydrogen-bond acceptors (Lipinski definition) is 3. The molecule has 1 unspecified atom stereocenters. The van der Waals surface area contributed by atoms with Crippen molar-refractivity contribution >= 4 is 17.9 Å². The SMILES string of the molecule is CCCN(CC(=O)N(C)C)C(=O)N1CCCCC1C(=O)O. The molecule has 1 aliphatic rings. The molecule has 1 heterocycles. The number of nitrogens with zero attached hydrogens (tertiary/aromatic N) is 3. The van der Waals surface area contributed by atoms with Gasteiger partial charge in [-0.05, 0) is 25.7 Å². The van der Waals surface area contributed by atoms with Crippen molar-refractivity contribution in [2.75, 3.05) is 33.7 Å². The zero-order chi connectivity index (χ0) is 16.0. The van der Waals surface area contributed by atoms with E-state index in [0.29, 0.717) is 19.5 Å². The molecule has 3 amide bonds. The van der Waals surface area contributed by atoms with E-state index >= 15 is 0 Å². The molecule has 7 nitrogen and oxygen atoms in total. The Morgan fingerprint density at radius 1 is 1.24 bits per heavy atom. The lowest BCUT2D eigenvalue weighted by Crippen LogP contribution is -2.54. The van der Waals surface area contributed by atoms with E-state index < -0.39 is 12.0 Å². The molecule has 0 radical (unpaired) electrons. The van der Waals surface area contributed by atoms with Crippen molar-refractivity contribution in [1.82, 2.24) is 14.7 Å². The summed E-state index contributed by atoms with van der Waals surface area (Å²) in [7, 11) is 3.27. The number of rotatable bonds is 5. The monoisotopic (exact) mass is 299 g/mol. The normalized spacial score (nSPS) is 18.2. The van der Waals surface area contributed by atoms with E-state index in [1.165, 1.54) is 14.7 Å². The Bertz CT molecular complexity index is 398. The van der Waals surface area contributed by atoms with Gasteiger partial charge in [0.25, 0.3) is 0 Å².